The topological polar surface area (TPSA) is 98.8 Å². The lowest BCUT2D eigenvalue weighted by Crippen LogP contribution is -2.54. The number of rotatable bonds is 2. The Bertz CT molecular complexity index is 917. The van der Waals surface area contributed by atoms with Gasteiger partial charge in [0, 0.05) is 31.6 Å². The van der Waals surface area contributed by atoms with E-state index >= 15 is 0 Å². The van der Waals surface area contributed by atoms with Crippen LogP contribution in [-0.2, 0) is 9.59 Å². The van der Waals surface area contributed by atoms with Crippen molar-refractivity contribution in [3.63, 3.8) is 0 Å². The molecule has 2 N–H and O–H groups in total. The van der Waals surface area contributed by atoms with E-state index in [2.05, 4.69) is 10.6 Å². The van der Waals surface area contributed by atoms with Gasteiger partial charge in [-0.05, 0) is 25.0 Å². The van der Waals surface area contributed by atoms with E-state index in [4.69, 9.17) is 0 Å². The number of nitrogens with zero attached hydrogens (tertiary/aromatic N) is 2. The molecule has 4 amide bonds. The monoisotopic (exact) mass is 372 g/mol. The van der Waals surface area contributed by atoms with Gasteiger partial charge in [0.2, 0.25) is 11.8 Å². The molecule has 4 heterocycles. The van der Waals surface area contributed by atoms with Crippen LogP contribution in [-0.4, -0.2) is 59.7 Å². The van der Waals surface area contributed by atoms with E-state index in [1.807, 2.05) is 4.90 Å². The summed E-state index contributed by atoms with van der Waals surface area (Å²) in [6.07, 6.45) is 1.01. The number of benzene rings is 1. The van der Waals surface area contributed by atoms with E-state index in [1.165, 1.54) is 12.1 Å². The first-order valence-corrected chi connectivity index (χ1v) is 9.00. The van der Waals surface area contributed by atoms with Gasteiger partial charge in [-0.3, -0.25) is 29.4 Å². The number of piperidine rings is 1. The van der Waals surface area contributed by atoms with Crippen LogP contribution in [0.1, 0.15) is 40.0 Å². The highest BCUT2D eigenvalue weighted by Gasteiger charge is 2.49. The van der Waals surface area contributed by atoms with Crippen LogP contribution in [0.4, 0.5) is 10.1 Å². The summed E-state index contributed by atoms with van der Waals surface area (Å²) in [6.45, 7) is 1.46. The zero-order valence-corrected chi connectivity index (χ0v) is 14.3. The lowest BCUT2D eigenvalue weighted by Gasteiger charge is -2.31. The van der Waals surface area contributed by atoms with Gasteiger partial charge in [0.25, 0.3) is 11.8 Å². The third-order valence-corrected chi connectivity index (χ3v) is 5.89. The Morgan fingerprint density at radius 3 is 2.52 bits per heavy atom. The van der Waals surface area contributed by atoms with Crippen molar-refractivity contribution in [2.75, 3.05) is 18.0 Å². The minimum atomic E-state index is -1.10. The van der Waals surface area contributed by atoms with Gasteiger partial charge in [0.1, 0.15) is 11.9 Å². The van der Waals surface area contributed by atoms with E-state index < -0.39 is 35.5 Å². The first-order valence-electron chi connectivity index (χ1n) is 9.00. The molecule has 4 aliphatic heterocycles. The molecule has 140 valence electrons. The average molecular weight is 372 g/mol. The second-order valence-corrected chi connectivity index (χ2v) is 7.41. The molecule has 1 aromatic carbocycles. The Morgan fingerprint density at radius 1 is 1.07 bits per heavy atom. The van der Waals surface area contributed by atoms with Crippen molar-refractivity contribution in [3.05, 3.63) is 29.1 Å². The van der Waals surface area contributed by atoms with Crippen LogP contribution in [0.25, 0.3) is 0 Å². The van der Waals surface area contributed by atoms with Crippen molar-refractivity contribution in [1.82, 2.24) is 15.5 Å². The highest BCUT2D eigenvalue weighted by atomic mass is 19.1. The van der Waals surface area contributed by atoms with Gasteiger partial charge in [-0.2, -0.15) is 0 Å². The van der Waals surface area contributed by atoms with Crippen LogP contribution in [0.15, 0.2) is 12.1 Å². The second-order valence-electron chi connectivity index (χ2n) is 7.41. The molecule has 3 unspecified atom stereocenters. The van der Waals surface area contributed by atoms with Gasteiger partial charge < -0.3 is 10.2 Å². The Labute approximate surface area is 153 Å². The number of halogens is 1. The van der Waals surface area contributed by atoms with E-state index in [0.29, 0.717) is 18.3 Å². The van der Waals surface area contributed by atoms with Crippen molar-refractivity contribution >= 4 is 29.3 Å². The fraction of sp³-hybridized carbons (Fsp3) is 0.444. The van der Waals surface area contributed by atoms with Crippen LogP contribution in [0.5, 0.6) is 0 Å². The molecular formula is C18H17FN4O4. The van der Waals surface area contributed by atoms with Gasteiger partial charge in [-0.25, -0.2) is 4.39 Å². The zero-order chi connectivity index (χ0) is 18.9. The summed E-state index contributed by atoms with van der Waals surface area (Å²) in [6, 6.07) is 2.14. The van der Waals surface area contributed by atoms with Crippen LogP contribution in [0, 0.1) is 5.82 Å². The van der Waals surface area contributed by atoms with E-state index in [-0.39, 0.29) is 30.0 Å². The Balaban J connectivity index is 1.56. The first kappa shape index (κ1) is 16.4. The Morgan fingerprint density at radius 2 is 1.85 bits per heavy atom. The number of hydrogen-bond acceptors (Lipinski definition) is 6. The molecule has 0 saturated carbocycles. The number of fused-ring (bicyclic) bond motifs is 3. The summed E-state index contributed by atoms with van der Waals surface area (Å²) in [4.78, 5) is 52.4. The molecule has 3 saturated heterocycles. The number of amides is 4. The fourth-order valence-corrected chi connectivity index (χ4v) is 4.63. The molecule has 1 aromatic rings. The number of hydrogen-bond donors (Lipinski definition) is 2. The molecule has 27 heavy (non-hydrogen) atoms. The molecule has 0 spiro atoms. The molecule has 4 aliphatic rings. The maximum Gasteiger partial charge on any atom is 0.265 e. The Hall–Kier alpha value is -2.81. The number of carbonyl (C=O) groups is 4. The molecule has 0 radical (unpaired) electrons. The fourth-order valence-electron chi connectivity index (χ4n) is 4.63. The minimum absolute atomic E-state index is 0.0252. The standard InChI is InChI=1S/C18H17FN4O4/c19-10-1-2-11(22-7-8-5-9(22)6-20-8)15-14(10)17(26)23(18(15)27)12-3-4-13(24)21-16(12)25/h1-2,8-9,12,20H,3-7H2,(H,21,24,25). The average Bonchev–Trinajstić information content (AvgIpc) is 3.32. The van der Waals surface area contributed by atoms with Gasteiger partial charge >= 0.3 is 0 Å². The number of carbonyl (C=O) groups excluding carboxylic acids is 4. The van der Waals surface area contributed by atoms with Crippen molar-refractivity contribution in [1.29, 1.82) is 0 Å². The largest absolute Gasteiger partial charge is 0.365 e. The molecule has 2 bridgehead atoms. The minimum Gasteiger partial charge on any atom is -0.365 e. The van der Waals surface area contributed by atoms with Crippen molar-refractivity contribution in [2.24, 2.45) is 0 Å². The normalized spacial score (nSPS) is 29.6. The quantitative estimate of drug-likeness (QED) is 0.697. The zero-order valence-electron chi connectivity index (χ0n) is 14.3. The smallest absolute Gasteiger partial charge is 0.265 e. The number of piperazine rings is 1. The van der Waals surface area contributed by atoms with E-state index in [1.54, 1.807) is 0 Å². The van der Waals surface area contributed by atoms with Gasteiger partial charge in [0.15, 0.2) is 0 Å². The molecule has 5 rings (SSSR count). The molecule has 0 aliphatic carbocycles. The van der Waals surface area contributed by atoms with E-state index in [0.717, 1.165) is 17.9 Å². The third kappa shape index (κ3) is 2.24. The summed E-state index contributed by atoms with van der Waals surface area (Å²) < 4.78 is 14.5. The third-order valence-electron chi connectivity index (χ3n) is 5.89. The van der Waals surface area contributed by atoms with Crippen LogP contribution in [0.3, 0.4) is 0 Å². The summed E-state index contributed by atoms with van der Waals surface area (Å²) in [5, 5.41) is 5.51. The summed E-state index contributed by atoms with van der Waals surface area (Å²) in [5.41, 5.74) is 0.281. The van der Waals surface area contributed by atoms with Gasteiger partial charge in [-0.1, -0.05) is 0 Å². The van der Waals surface area contributed by atoms with Crippen molar-refractivity contribution < 1.29 is 23.6 Å². The maximum atomic E-state index is 14.5. The molecule has 3 atom stereocenters. The second kappa shape index (κ2) is 5.59. The van der Waals surface area contributed by atoms with Gasteiger partial charge in [0.05, 0.1) is 16.8 Å². The summed E-state index contributed by atoms with van der Waals surface area (Å²) in [5.74, 6) is -3.40. The van der Waals surface area contributed by atoms with Crippen molar-refractivity contribution in [3.8, 4) is 0 Å². The molecule has 8 nitrogen and oxygen atoms in total. The van der Waals surface area contributed by atoms with Crippen molar-refractivity contribution in [2.45, 2.75) is 37.4 Å². The lowest BCUT2D eigenvalue weighted by molar-refractivity contribution is -0.136. The lowest BCUT2D eigenvalue weighted by atomic mass is 10.0. The molecule has 9 heteroatoms. The first-order chi connectivity index (χ1) is 13.0. The number of imide groups is 2. The molecule has 3 fully saturated rings. The molecule has 0 aromatic heterocycles. The SMILES string of the molecule is O=C1CCC(N2C(=O)c3c(F)ccc(N4CC5CC4CN5)c3C2=O)C(=O)N1. The maximum absolute atomic E-state index is 14.5. The predicted octanol–water partition coefficient (Wildman–Crippen LogP) is -0.223. The summed E-state index contributed by atoms with van der Waals surface area (Å²) >= 11 is 0. The van der Waals surface area contributed by atoms with Crippen LogP contribution in [0.2, 0.25) is 0 Å². The Kier molecular flexibility index (Phi) is 3.39. The predicted molar refractivity (Wildman–Crippen MR) is 90.6 cm³/mol. The van der Waals surface area contributed by atoms with Crippen LogP contribution < -0.4 is 15.5 Å². The van der Waals surface area contributed by atoms with E-state index in [9.17, 15) is 23.6 Å². The molecular weight excluding hydrogens is 355 g/mol. The van der Waals surface area contributed by atoms with Crippen LogP contribution >= 0.6 is 0 Å². The highest BCUT2D eigenvalue weighted by Crippen LogP contribution is 2.39. The number of anilines is 1. The summed E-state index contributed by atoms with van der Waals surface area (Å²) in [7, 11) is 0. The van der Waals surface area contributed by atoms with Gasteiger partial charge in [-0.15, -0.1) is 0 Å². The highest BCUT2D eigenvalue weighted by molar-refractivity contribution is 6.25. The number of nitrogens with one attached hydrogen (secondary N) is 2.